The number of benzene rings is 2. The summed E-state index contributed by atoms with van der Waals surface area (Å²) in [5.41, 5.74) is 2.66. The molecule has 0 saturated carbocycles. The van der Waals surface area contributed by atoms with Gasteiger partial charge in [-0.05, 0) is 60.5 Å². The Kier molecular flexibility index (Phi) is 5.10. The van der Waals surface area contributed by atoms with Crippen LogP contribution in [0.1, 0.15) is 18.1 Å². The maximum atomic E-state index is 12.8. The molecule has 0 bridgehead atoms. The Morgan fingerprint density at radius 2 is 1.97 bits per heavy atom. The van der Waals surface area contributed by atoms with Crippen LogP contribution in [0.4, 0.5) is 17.3 Å². The molecular formula is C20H19BrN4O3S. The van der Waals surface area contributed by atoms with E-state index in [2.05, 4.69) is 26.0 Å². The summed E-state index contributed by atoms with van der Waals surface area (Å²) < 4.78 is 34.5. The zero-order valence-electron chi connectivity index (χ0n) is 15.6. The second kappa shape index (κ2) is 7.57. The monoisotopic (exact) mass is 474 g/mol. The molecular weight excluding hydrogens is 456 g/mol. The van der Waals surface area contributed by atoms with E-state index in [0.29, 0.717) is 36.1 Å². The van der Waals surface area contributed by atoms with Crippen LogP contribution in [0.5, 0.6) is 0 Å². The summed E-state index contributed by atoms with van der Waals surface area (Å²) >= 11 is 3.38. The Labute approximate surface area is 177 Å². The number of anilines is 3. The van der Waals surface area contributed by atoms with Gasteiger partial charge in [0.25, 0.3) is 10.0 Å². The van der Waals surface area contributed by atoms with Crippen molar-refractivity contribution < 1.29 is 12.8 Å². The summed E-state index contributed by atoms with van der Waals surface area (Å²) in [5, 5.41) is 11.5. The Balaban J connectivity index is 1.55. The summed E-state index contributed by atoms with van der Waals surface area (Å²) in [7, 11) is -3.71. The Morgan fingerprint density at radius 1 is 1.21 bits per heavy atom. The molecule has 150 valence electrons. The van der Waals surface area contributed by atoms with Crippen molar-refractivity contribution in [2.24, 2.45) is 0 Å². The summed E-state index contributed by atoms with van der Waals surface area (Å²) in [4.78, 5) is 2.04. The number of halogens is 1. The lowest BCUT2D eigenvalue weighted by Gasteiger charge is -2.29. The smallest absolute Gasteiger partial charge is 0.262 e. The first kappa shape index (κ1) is 19.5. The molecule has 0 saturated heterocycles. The molecule has 0 unspecified atom stereocenters. The number of rotatable bonds is 5. The Bertz CT molecular complexity index is 1170. The van der Waals surface area contributed by atoms with Crippen LogP contribution in [-0.4, -0.2) is 20.9 Å². The molecule has 2 heterocycles. The lowest BCUT2D eigenvalue weighted by Crippen LogP contribution is -2.39. The molecule has 7 nitrogen and oxygen atoms in total. The molecule has 4 rings (SSSR count). The predicted molar refractivity (Wildman–Crippen MR) is 117 cm³/mol. The van der Waals surface area contributed by atoms with Crippen LogP contribution in [0.2, 0.25) is 0 Å². The van der Waals surface area contributed by atoms with E-state index in [4.69, 9.17) is 9.83 Å². The third-order valence-electron chi connectivity index (χ3n) is 4.71. The summed E-state index contributed by atoms with van der Waals surface area (Å²) in [6.07, 6.45) is 2.15. The van der Waals surface area contributed by atoms with Gasteiger partial charge in [-0.2, -0.15) is 0 Å². The molecule has 0 amide bonds. The van der Waals surface area contributed by atoms with Crippen LogP contribution in [0.15, 0.2) is 68.6 Å². The van der Waals surface area contributed by atoms with E-state index in [1.54, 1.807) is 53.6 Å². The van der Waals surface area contributed by atoms with Crippen molar-refractivity contribution in [3.8, 4) is 0 Å². The number of nitrogens with one attached hydrogen (secondary N) is 3. The number of nitrogens with zero attached hydrogens (tertiary/aromatic N) is 1. The van der Waals surface area contributed by atoms with Gasteiger partial charge in [-0.3, -0.25) is 10.1 Å². The normalized spacial score (nSPS) is 13.7. The number of fused-ring (bicyclic) bond motifs is 1. The molecule has 9 heteroatoms. The van der Waals surface area contributed by atoms with E-state index in [-0.39, 0.29) is 4.90 Å². The molecule has 2 aromatic carbocycles. The maximum Gasteiger partial charge on any atom is 0.262 e. The number of amidine groups is 1. The van der Waals surface area contributed by atoms with Crippen molar-refractivity contribution in [1.82, 2.24) is 0 Å². The fraction of sp³-hybridized carbons (Fsp3) is 0.150. The van der Waals surface area contributed by atoms with Gasteiger partial charge in [0.15, 0.2) is 0 Å². The minimum atomic E-state index is -3.71. The fourth-order valence-electron chi connectivity index (χ4n) is 3.23. The van der Waals surface area contributed by atoms with Crippen LogP contribution >= 0.6 is 15.9 Å². The predicted octanol–water partition coefficient (Wildman–Crippen LogP) is 4.62. The molecule has 1 aliphatic heterocycles. The lowest BCUT2D eigenvalue weighted by atomic mass is 10.2. The Morgan fingerprint density at radius 3 is 2.69 bits per heavy atom. The van der Waals surface area contributed by atoms with Crippen LogP contribution in [-0.2, 0) is 16.4 Å². The van der Waals surface area contributed by atoms with Crippen molar-refractivity contribution >= 4 is 49.0 Å². The number of aryl methyl sites for hydroxylation is 1. The average molecular weight is 475 g/mol. The highest BCUT2D eigenvalue weighted by Crippen LogP contribution is 2.29. The third-order valence-corrected chi connectivity index (χ3v) is 6.69. The number of hydrogen-bond donors (Lipinski definition) is 3. The SMILES string of the molecule is CCc1cc(Br)ccc1S(=O)(=O)Nc1ccc(N2CNc3occc3C2=N)cc1. The van der Waals surface area contributed by atoms with E-state index in [9.17, 15) is 8.42 Å². The van der Waals surface area contributed by atoms with Gasteiger partial charge in [-0.1, -0.05) is 22.9 Å². The van der Waals surface area contributed by atoms with E-state index >= 15 is 0 Å². The number of hydrogen-bond acceptors (Lipinski definition) is 5. The average Bonchev–Trinajstić information content (AvgIpc) is 3.18. The van der Waals surface area contributed by atoms with Crippen molar-refractivity contribution in [2.45, 2.75) is 18.2 Å². The second-order valence-electron chi connectivity index (χ2n) is 6.53. The van der Waals surface area contributed by atoms with Gasteiger partial charge in [0.05, 0.1) is 23.4 Å². The first-order valence-corrected chi connectivity index (χ1v) is 11.3. The van der Waals surface area contributed by atoms with Gasteiger partial charge >= 0.3 is 0 Å². The van der Waals surface area contributed by atoms with Crippen molar-refractivity contribution in [3.63, 3.8) is 0 Å². The van der Waals surface area contributed by atoms with Gasteiger partial charge in [0.1, 0.15) is 5.84 Å². The molecule has 0 radical (unpaired) electrons. The van der Waals surface area contributed by atoms with Crippen molar-refractivity contribution in [3.05, 3.63) is 70.4 Å². The molecule has 0 aliphatic carbocycles. The molecule has 0 fully saturated rings. The quantitative estimate of drug-likeness (QED) is 0.500. The van der Waals surface area contributed by atoms with E-state index < -0.39 is 10.0 Å². The van der Waals surface area contributed by atoms with Gasteiger partial charge < -0.3 is 14.6 Å². The van der Waals surface area contributed by atoms with Gasteiger partial charge in [-0.15, -0.1) is 0 Å². The van der Waals surface area contributed by atoms with E-state index in [0.717, 1.165) is 15.7 Å². The molecule has 3 aromatic rings. The largest absolute Gasteiger partial charge is 0.448 e. The molecule has 0 atom stereocenters. The van der Waals surface area contributed by atoms with Crippen LogP contribution in [0, 0.1) is 5.41 Å². The molecule has 1 aliphatic rings. The minimum absolute atomic E-state index is 0.266. The standard InChI is InChI=1S/C20H19BrN4O3S/c1-2-13-11-14(21)3-8-18(13)29(26,27)24-15-4-6-16(7-5-15)25-12-23-20-17(19(25)22)9-10-28-20/h3-11,22-24H,2,12H2,1H3. The molecule has 1 aromatic heterocycles. The molecule has 29 heavy (non-hydrogen) atoms. The Hall–Kier alpha value is -2.78. The van der Waals surface area contributed by atoms with Gasteiger partial charge in [0, 0.05) is 15.8 Å². The minimum Gasteiger partial charge on any atom is -0.448 e. The summed E-state index contributed by atoms with van der Waals surface area (Å²) in [6, 6.07) is 13.8. The summed E-state index contributed by atoms with van der Waals surface area (Å²) in [5.74, 6) is 0.903. The van der Waals surface area contributed by atoms with Crippen molar-refractivity contribution in [2.75, 3.05) is 21.6 Å². The van der Waals surface area contributed by atoms with Crippen LogP contribution in [0.25, 0.3) is 0 Å². The first-order valence-electron chi connectivity index (χ1n) is 8.98. The lowest BCUT2D eigenvalue weighted by molar-refractivity contribution is 0.577. The highest BCUT2D eigenvalue weighted by molar-refractivity contribution is 9.10. The van der Waals surface area contributed by atoms with Crippen LogP contribution in [0.3, 0.4) is 0 Å². The van der Waals surface area contributed by atoms with E-state index in [1.807, 2.05) is 13.0 Å². The van der Waals surface area contributed by atoms with Gasteiger partial charge in [0.2, 0.25) is 5.88 Å². The third kappa shape index (κ3) is 3.75. The van der Waals surface area contributed by atoms with Crippen LogP contribution < -0.4 is 14.9 Å². The topological polar surface area (TPSA) is 98.4 Å². The summed E-state index contributed by atoms with van der Waals surface area (Å²) in [6.45, 7) is 2.31. The number of furan rings is 1. The van der Waals surface area contributed by atoms with E-state index in [1.165, 1.54) is 0 Å². The highest BCUT2D eigenvalue weighted by Gasteiger charge is 2.24. The highest BCUT2D eigenvalue weighted by atomic mass is 79.9. The number of sulfonamides is 1. The van der Waals surface area contributed by atoms with Gasteiger partial charge in [-0.25, -0.2) is 8.42 Å². The first-order chi connectivity index (χ1) is 13.9. The zero-order valence-corrected chi connectivity index (χ0v) is 18.0. The maximum absolute atomic E-state index is 12.8. The van der Waals surface area contributed by atoms with Crippen molar-refractivity contribution in [1.29, 1.82) is 5.41 Å². The zero-order chi connectivity index (χ0) is 20.6. The molecule has 3 N–H and O–H groups in total. The second-order valence-corrected chi connectivity index (χ2v) is 9.10. The molecule has 0 spiro atoms. The fourth-order valence-corrected chi connectivity index (χ4v) is 4.99.